The molecule has 2 atom stereocenters. The molecule has 0 aromatic heterocycles. The van der Waals surface area contributed by atoms with Crippen molar-refractivity contribution in [2.45, 2.75) is 65.8 Å². The summed E-state index contributed by atoms with van der Waals surface area (Å²) in [5, 5.41) is 0. The molecule has 17 heavy (non-hydrogen) atoms. The molecule has 2 rings (SSSR count). The molecule has 2 nitrogen and oxygen atoms in total. The maximum absolute atomic E-state index is 11.8. The zero-order valence-corrected chi connectivity index (χ0v) is 11.9. The van der Waals surface area contributed by atoms with E-state index in [9.17, 15) is 4.79 Å². The van der Waals surface area contributed by atoms with Gasteiger partial charge in [0.15, 0.2) is 0 Å². The fraction of sp³-hybridized carbons (Fsp3) is 0.929. The second-order valence-corrected chi connectivity index (χ2v) is 5.15. The van der Waals surface area contributed by atoms with E-state index in [1.807, 2.05) is 13.8 Å². The van der Waals surface area contributed by atoms with Gasteiger partial charge in [0.1, 0.15) is 0 Å². The van der Waals surface area contributed by atoms with Crippen LogP contribution in [0.15, 0.2) is 0 Å². The van der Waals surface area contributed by atoms with E-state index in [0.717, 1.165) is 18.9 Å². The molecule has 0 aromatic carbocycles. The Hall–Kier alpha value is -0.465. The number of hydrogen-bond donors (Lipinski definition) is 0. The van der Waals surface area contributed by atoms with Crippen molar-refractivity contribution in [3.8, 4) is 0 Å². The van der Waals surface area contributed by atoms with Crippen LogP contribution in [0.2, 0.25) is 0 Å². The second kappa shape index (κ2) is 7.78. The van der Waals surface area contributed by atoms with Crippen molar-refractivity contribution in [2.75, 3.05) is 6.54 Å². The van der Waals surface area contributed by atoms with Gasteiger partial charge >= 0.3 is 0 Å². The van der Waals surface area contributed by atoms with Crippen molar-refractivity contribution in [3.63, 3.8) is 0 Å². The van der Waals surface area contributed by atoms with Crippen LogP contribution in [0.5, 0.6) is 0 Å². The Balaban J connectivity index is 0.000000811. The fourth-order valence-electron chi connectivity index (χ4n) is 2.99. The standard InChI is InChI=1S/C12H21NO.C2H6.B/c1-9(2)13-8-11-6-4-3-5-10(11)7-12(13)14;1-2;/h9-11H,3-8H2,1-2H3;1-2H3;. The van der Waals surface area contributed by atoms with Gasteiger partial charge in [-0.3, -0.25) is 4.79 Å². The fourth-order valence-corrected chi connectivity index (χ4v) is 2.99. The monoisotopic (exact) mass is 236 g/mol. The van der Waals surface area contributed by atoms with Crippen LogP contribution in [-0.2, 0) is 4.79 Å². The maximum Gasteiger partial charge on any atom is 0.223 e. The predicted octanol–water partition coefficient (Wildman–Crippen LogP) is 3.08. The molecule has 1 saturated carbocycles. The van der Waals surface area contributed by atoms with Crippen LogP contribution < -0.4 is 0 Å². The van der Waals surface area contributed by atoms with Crippen molar-refractivity contribution < 1.29 is 4.79 Å². The van der Waals surface area contributed by atoms with Gasteiger partial charge in [0, 0.05) is 27.4 Å². The minimum atomic E-state index is 0. The predicted molar refractivity (Wildman–Crippen MR) is 74.0 cm³/mol. The molecular formula is C14H27BNO. The van der Waals surface area contributed by atoms with Gasteiger partial charge in [-0.15, -0.1) is 0 Å². The van der Waals surface area contributed by atoms with E-state index in [-0.39, 0.29) is 8.41 Å². The number of amides is 1. The highest BCUT2D eigenvalue weighted by Crippen LogP contribution is 2.36. The van der Waals surface area contributed by atoms with Gasteiger partial charge in [0.2, 0.25) is 5.91 Å². The zero-order chi connectivity index (χ0) is 12.1. The van der Waals surface area contributed by atoms with Crippen molar-refractivity contribution in [3.05, 3.63) is 0 Å². The average molecular weight is 236 g/mol. The van der Waals surface area contributed by atoms with E-state index < -0.39 is 0 Å². The number of piperidine rings is 1. The number of rotatable bonds is 1. The topological polar surface area (TPSA) is 20.3 Å². The summed E-state index contributed by atoms with van der Waals surface area (Å²) in [5.74, 6) is 1.92. The molecule has 1 amide bonds. The molecule has 2 fully saturated rings. The zero-order valence-electron chi connectivity index (χ0n) is 11.9. The van der Waals surface area contributed by atoms with Crippen LogP contribution in [0.3, 0.4) is 0 Å². The van der Waals surface area contributed by atoms with Crippen LogP contribution >= 0.6 is 0 Å². The molecule has 3 radical (unpaired) electrons. The Bertz CT molecular complexity index is 230. The van der Waals surface area contributed by atoms with E-state index in [2.05, 4.69) is 18.7 Å². The average Bonchev–Trinajstić information content (AvgIpc) is 2.30. The van der Waals surface area contributed by atoms with Crippen LogP contribution in [0.4, 0.5) is 0 Å². The first-order valence-electron chi connectivity index (χ1n) is 6.98. The number of likely N-dealkylation sites (tertiary alicyclic amines) is 1. The molecule has 0 bridgehead atoms. The summed E-state index contributed by atoms with van der Waals surface area (Å²) < 4.78 is 0. The van der Waals surface area contributed by atoms with E-state index in [0.29, 0.717) is 17.9 Å². The van der Waals surface area contributed by atoms with Gasteiger partial charge in [-0.25, -0.2) is 0 Å². The lowest BCUT2D eigenvalue weighted by Crippen LogP contribution is -2.48. The normalized spacial score (nSPS) is 27.8. The highest BCUT2D eigenvalue weighted by atomic mass is 16.2. The minimum absolute atomic E-state index is 0. The lowest BCUT2D eigenvalue weighted by molar-refractivity contribution is -0.140. The molecule has 1 heterocycles. The summed E-state index contributed by atoms with van der Waals surface area (Å²) >= 11 is 0. The molecule has 2 unspecified atom stereocenters. The lowest BCUT2D eigenvalue weighted by atomic mass is 9.74. The number of carbonyl (C=O) groups excluding carboxylic acids is 1. The van der Waals surface area contributed by atoms with Crippen molar-refractivity contribution in [1.82, 2.24) is 4.90 Å². The van der Waals surface area contributed by atoms with E-state index in [4.69, 9.17) is 0 Å². The molecule has 2 aliphatic rings. The first-order valence-corrected chi connectivity index (χ1v) is 6.98. The van der Waals surface area contributed by atoms with Gasteiger partial charge in [-0.1, -0.05) is 26.7 Å². The third-order valence-corrected chi connectivity index (χ3v) is 3.88. The summed E-state index contributed by atoms with van der Waals surface area (Å²) in [6, 6.07) is 0.394. The third kappa shape index (κ3) is 4.04. The summed E-state index contributed by atoms with van der Waals surface area (Å²) in [4.78, 5) is 13.9. The molecule has 3 heteroatoms. The van der Waals surface area contributed by atoms with Crippen LogP contribution in [0, 0.1) is 11.8 Å². The number of hydrogen-bond acceptors (Lipinski definition) is 1. The Morgan fingerprint density at radius 2 is 1.65 bits per heavy atom. The largest absolute Gasteiger partial charge is 0.340 e. The first kappa shape index (κ1) is 16.5. The van der Waals surface area contributed by atoms with Crippen molar-refractivity contribution in [1.29, 1.82) is 0 Å². The van der Waals surface area contributed by atoms with Crippen LogP contribution in [0.25, 0.3) is 0 Å². The Morgan fingerprint density at radius 1 is 1.12 bits per heavy atom. The van der Waals surface area contributed by atoms with Gasteiger partial charge in [0.05, 0.1) is 0 Å². The molecule has 97 valence electrons. The smallest absolute Gasteiger partial charge is 0.223 e. The summed E-state index contributed by atoms with van der Waals surface area (Å²) in [6.45, 7) is 9.28. The Labute approximate surface area is 109 Å². The molecule has 0 aromatic rings. The second-order valence-electron chi connectivity index (χ2n) is 5.15. The summed E-state index contributed by atoms with van der Waals surface area (Å²) in [6.07, 6.45) is 6.18. The first-order chi connectivity index (χ1) is 7.68. The number of fused-ring (bicyclic) bond motifs is 1. The van der Waals surface area contributed by atoms with Gasteiger partial charge in [-0.05, 0) is 38.5 Å². The maximum atomic E-state index is 11.8. The van der Waals surface area contributed by atoms with Crippen LogP contribution in [-0.4, -0.2) is 31.8 Å². The Kier molecular flexibility index (Phi) is 7.57. The summed E-state index contributed by atoms with van der Waals surface area (Å²) in [7, 11) is 0. The Morgan fingerprint density at radius 3 is 2.18 bits per heavy atom. The van der Waals surface area contributed by atoms with Gasteiger partial charge in [0.25, 0.3) is 0 Å². The minimum Gasteiger partial charge on any atom is -0.340 e. The quantitative estimate of drug-likeness (QED) is 0.640. The van der Waals surface area contributed by atoms with Gasteiger partial charge in [-0.2, -0.15) is 0 Å². The van der Waals surface area contributed by atoms with E-state index in [1.54, 1.807) is 0 Å². The lowest BCUT2D eigenvalue weighted by Gasteiger charge is -2.42. The molecule has 0 spiro atoms. The van der Waals surface area contributed by atoms with Crippen molar-refractivity contribution >= 4 is 14.3 Å². The number of carbonyl (C=O) groups is 1. The highest BCUT2D eigenvalue weighted by Gasteiger charge is 2.35. The van der Waals surface area contributed by atoms with E-state index in [1.165, 1.54) is 25.7 Å². The van der Waals surface area contributed by atoms with Crippen LogP contribution in [0.1, 0.15) is 59.8 Å². The molecule has 0 N–H and O–H groups in total. The molecule has 1 saturated heterocycles. The SMILES string of the molecule is CC.CC(C)N1CC2CCCCC2CC1=O.[B]. The molecule has 1 aliphatic heterocycles. The van der Waals surface area contributed by atoms with E-state index >= 15 is 0 Å². The molecule has 1 aliphatic carbocycles. The highest BCUT2D eigenvalue weighted by molar-refractivity contribution is 5.77. The summed E-state index contributed by atoms with van der Waals surface area (Å²) in [5.41, 5.74) is 0. The van der Waals surface area contributed by atoms with Crippen molar-refractivity contribution in [2.24, 2.45) is 11.8 Å². The number of nitrogens with zero attached hydrogens (tertiary/aromatic N) is 1. The third-order valence-electron chi connectivity index (χ3n) is 3.88. The van der Waals surface area contributed by atoms with Gasteiger partial charge < -0.3 is 4.90 Å². The molecular weight excluding hydrogens is 209 g/mol.